The van der Waals surface area contributed by atoms with Crippen LogP contribution in [0.15, 0.2) is 36.4 Å². The molecule has 0 amide bonds. The van der Waals surface area contributed by atoms with Gasteiger partial charge in [0, 0.05) is 10.6 Å². The Kier molecular flexibility index (Phi) is 3.27. The van der Waals surface area contributed by atoms with Crippen LogP contribution in [0.2, 0.25) is 5.02 Å². The van der Waals surface area contributed by atoms with Gasteiger partial charge in [0.05, 0.1) is 19.3 Å². The number of hydrogen-bond donors (Lipinski definition) is 1. The summed E-state index contributed by atoms with van der Waals surface area (Å²) in [6.45, 7) is 1.21. The first kappa shape index (κ1) is 12.6. The Morgan fingerprint density at radius 3 is 2.74 bits per heavy atom. The standard InChI is InChI=1S/C15H13ClFNO/c16-12-2-1-3-13(17)14(12)15(18)9-4-5-10-7-19-8-11(10)6-9/h1-6,15H,7-8,18H2. The molecule has 2 nitrogen and oxygen atoms in total. The van der Waals surface area contributed by atoms with Gasteiger partial charge in [0.15, 0.2) is 0 Å². The van der Waals surface area contributed by atoms with E-state index in [0.29, 0.717) is 23.8 Å². The number of halogens is 2. The summed E-state index contributed by atoms with van der Waals surface area (Å²) in [6, 6.07) is 9.88. The van der Waals surface area contributed by atoms with Crippen LogP contribution in [0.25, 0.3) is 0 Å². The lowest BCUT2D eigenvalue weighted by Crippen LogP contribution is -2.14. The van der Waals surface area contributed by atoms with Crippen LogP contribution >= 0.6 is 11.6 Å². The van der Waals surface area contributed by atoms with Gasteiger partial charge in [0.25, 0.3) is 0 Å². The summed E-state index contributed by atoms with van der Waals surface area (Å²) in [7, 11) is 0. The van der Waals surface area contributed by atoms with Crippen LogP contribution in [0.3, 0.4) is 0 Å². The van der Waals surface area contributed by atoms with E-state index in [1.807, 2.05) is 18.2 Å². The van der Waals surface area contributed by atoms with Gasteiger partial charge in [-0.1, -0.05) is 35.9 Å². The van der Waals surface area contributed by atoms with Gasteiger partial charge in [-0.25, -0.2) is 4.39 Å². The zero-order valence-corrected chi connectivity index (χ0v) is 11.0. The molecular formula is C15H13ClFNO. The van der Waals surface area contributed by atoms with Gasteiger partial charge in [-0.05, 0) is 28.8 Å². The van der Waals surface area contributed by atoms with E-state index in [0.717, 1.165) is 16.7 Å². The van der Waals surface area contributed by atoms with Crippen molar-refractivity contribution in [1.82, 2.24) is 0 Å². The topological polar surface area (TPSA) is 35.2 Å². The first-order valence-electron chi connectivity index (χ1n) is 6.06. The van der Waals surface area contributed by atoms with Crippen molar-refractivity contribution in [2.45, 2.75) is 19.3 Å². The van der Waals surface area contributed by atoms with Gasteiger partial charge in [-0.2, -0.15) is 0 Å². The molecule has 0 aromatic heterocycles. The summed E-state index contributed by atoms with van der Waals surface area (Å²) < 4.78 is 19.2. The zero-order chi connectivity index (χ0) is 13.4. The second-order valence-electron chi connectivity index (χ2n) is 4.63. The van der Waals surface area contributed by atoms with Crippen molar-refractivity contribution < 1.29 is 9.13 Å². The Balaban J connectivity index is 2.02. The predicted molar refractivity (Wildman–Crippen MR) is 72.4 cm³/mol. The molecule has 1 aliphatic rings. The maximum Gasteiger partial charge on any atom is 0.129 e. The van der Waals surface area contributed by atoms with E-state index < -0.39 is 6.04 Å². The van der Waals surface area contributed by atoms with E-state index in [1.54, 1.807) is 12.1 Å². The van der Waals surface area contributed by atoms with E-state index in [1.165, 1.54) is 6.07 Å². The molecule has 1 heterocycles. The lowest BCUT2D eigenvalue weighted by Gasteiger charge is -2.16. The minimum absolute atomic E-state index is 0.336. The van der Waals surface area contributed by atoms with Gasteiger partial charge in [0.1, 0.15) is 5.82 Å². The van der Waals surface area contributed by atoms with Crippen LogP contribution in [-0.2, 0) is 18.0 Å². The molecule has 0 aliphatic carbocycles. The van der Waals surface area contributed by atoms with Crippen molar-refractivity contribution in [3.63, 3.8) is 0 Å². The summed E-state index contributed by atoms with van der Waals surface area (Å²) >= 11 is 6.05. The van der Waals surface area contributed by atoms with Crippen molar-refractivity contribution in [2.24, 2.45) is 5.73 Å². The van der Waals surface area contributed by atoms with Gasteiger partial charge in [-0.3, -0.25) is 0 Å². The van der Waals surface area contributed by atoms with Crippen molar-refractivity contribution in [1.29, 1.82) is 0 Å². The van der Waals surface area contributed by atoms with Crippen LogP contribution < -0.4 is 5.73 Å². The SMILES string of the molecule is NC(c1ccc2c(c1)COC2)c1c(F)cccc1Cl. The summed E-state index contributed by atoms with van der Waals surface area (Å²) in [5.41, 5.74) is 9.60. The van der Waals surface area contributed by atoms with Crippen molar-refractivity contribution in [3.05, 3.63) is 69.5 Å². The van der Waals surface area contributed by atoms with Crippen LogP contribution in [0, 0.1) is 5.82 Å². The highest BCUT2D eigenvalue weighted by Gasteiger charge is 2.19. The highest BCUT2D eigenvalue weighted by molar-refractivity contribution is 6.31. The molecule has 0 saturated heterocycles. The number of hydrogen-bond acceptors (Lipinski definition) is 2. The molecule has 0 saturated carbocycles. The molecule has 1 unspecified atom stereocenters. The molecule has 0 spiro atoms. The quantitative estimate of drug-likeness (QED) is 0.911. The molecule has 19 heavy (non-hydrogen) atoms. The third-order valence-electron chi connectivity index (χ3n) is 3.42. The molecule has 2 N–H and O–H groups in total. The van der Waals surface area contributed by atoms with E-state index in [-0.39, 0.29) is 5.82 Å². The fourth-order valence-electron chi connectivity index (χ4n) is 2.36. The van der Waals surface area contributed by atoms with Crippen LogP contribution in [-0.4, -0.2) is 0 Å². The molecule has 4 heteroatoms. The fourth-order valence-corrected chi connectivity index (χ4v) is 2.64. The third kappa shape index (κ3) is 2.25. The highest BCUT2D eigenvalue weighted by Crippen LogP contribution is 2.31. The Bertz CT molecular complexity index is 609. The van der Waals surface area contributed by atoms with Crippen LogP contribution in [0.4, 0.5) is 4.39 Å². The largest absolute Gasteiger partial charge is 0.372 e. The minimum Gasteiger partial charge on any atom is -0.372 e. The molecule has 1 aliphatic heterocycles. The van der Waals surface area contributed by atoms with Crippen LogP contribution in [0.5, 0.6) is 0 Å². The van der Waals surface area contributed by atoms with Gasteiger partial charge in [0.2, 0.25) is 0 Å². The van der Waals surface area contributed by atoms with Gasteiger partial charge in [-0.15, -0.1) is 0 Å². The molecule has 0 fully saturated rings. The predicted octanol–water partition coefficient (Wildman–Crippen LogP) is 3.56. The zero-order valence-electron chi connectivity index (χ0n) is 10.2. The lowest BCUT2D eigenvalue weighted by atomic mass is 9.96. The number of ether oxygens (including phenoxy) is 1. The highest BCUT2D eigenvalue weighted by atomic mass is 35.5. The van der Waals surface area contributed by atoms with Crippen molar-refractivity contribution in [2.75, 3.05) is 0 Å². The summed E-state index contributed by atoms with van der Waals surface area (Å²) in [5.74, 6) is -0.378. The monoisotopic (exact) mass is 277 g/mol. The number of rotatable bonds is 2. The maximum atomic E-state index is 13.9. The third-order valence-corrected chi connectivity index (χ3v) is 3.74. The molecule has 2 aromatic rings. The van der Waals surface area contributed by atoms with E-state index in [4.69, 9.17) is 22.1 Å². The number of nitrogens with two attached hydrogens (primary N) is 1. The second-order valence-corrected chi connectivity index (χ2v) is 5.04. The van der Waals surface area contributed by atoms with Crippen molar-refractivity contribution >= 4 is 11.6 Å². The van der Waals surface area contributed by atoms with E-state index in [9.17, 15) is 4.39 Å². The van der Waals surface area contributed by atoms with E-state index in [2.05, 4.69) is 0 Å². The fraction of sp³-hybridized carbons (Fsp3) is 0.200. The number of benzene rings is 2. The Morgan fingerprint density at radius 2 is 1.95 bits per heavy atom. The molecule has 2 aromatic carbocycles. The Labute approximate surface area is 115 Å². The molecule has 0 radical (unpaired) electrons. The molecule has 1 atom stereocenters. The first-order chi connectivity index (χ1) is 9.16. The number of fused-ring (bicyclic) bond motifs is 1. The Hall–Kier alpha value is -1.42. The molecule has 98 valence electrons. The summed E-state index contributed by atoms with van der Waals surface area (Å²) in [4.78, 5) is 0. The summed E-state index contributed by atoms with van der Waals surface area (Å²) in [5, 5.41) is 0.351. The molecule has 3 rings (SSSR count). The van der Waals surface area contributed by atoms with Gasteiger partial charge >= 0.3 is 0 Å². The first-order valence-corrected chi connectivity index (χ1v) is 6.43. The molecular weight excluding hydrogens is 265 g/mol. The van der Waals surface area contributed by atoms with E-state index >= 15 is 0 Å². The van der Waals surface area contributed by atoms with Crippen LogP contribution in [0.1, 0.15) is 28.3 Å². The Morgan fingerprint density at radius 1 is 1.16 bits per heavy atom. The smallest absolute Gasteiger partial charge is 0.129 e. The summed E-state index contributed by atoms with van der Waals surface area (Å²) in [6.07, 6.45) is 0. The lowest BCUT2D eigenvalue weighted by molar-refractivity contribution is 0.134. The second kappa shape index (κ2) is 4.93. The van der Waals surface area contributed by atoms with Gasteiger partial charge < -0.3 is 10.5 Å². The maximum absolute atomic E-state index is 13.9. The average molecular weight is 278 g/mol. The minimum atomic E-state index is -0.570. The normalized spacial score (nSPS) is 15.3. The molecule has 0 bridgehead atoms. The van der Waals surface area contributed by atoms with Crippen molar-refractivity contribution in [3.8, 4) is 0 Å². The average Bonchev–Trinajstić information content (AvgIpc) is 2.85.